The molecule has 0 unspecified atom stereocenters. The van der Waals surface area contributed by atoms with Gasteiger partial charge < -0.3 is 30.1 Å². The number of phenolic OH excluding ortho intramolecular Hbond substituents is 1. The van der Waals surface area contributed by atoms with Gasteiger partial charge in [-0.05, 0) is 48.4 Å². The number of amides is 1. The summed E-state index contributed by atoms with van der Waals surface area (Å²) in [6.07, 6.45) is 0.568. The van der Waals surface area contributed by atoms with Crippen LogP contribution in [0.4, 0.5) is 17.1 Å². The second-order valence-corrected chi connectivity index (χ2v) is 9.41. The van der Waals surface area contributed by atoms with Crippen molar-refractivity contribution in [1.29, 1.82) is 0 Å². The number of hydrogen-bond donors (Lipinski definition) is 4. The molecule has 1 aliphatic rings. The molecular formula is C29H29N5O6. The molecule has 5 rings (SSSR count). The average molecular weight is 544 g/mol. The minimum absolute atomic E-state index is 0.0227. The molecule has 0 fully saturated rings. The monoisotopic (exact) mass is 543 g/mol. The van der Waals surface area contributed by atoms with Gasteiger partial charge in [-0.1, -0.05) is 37.3 Å². The first-order valence-corrected chi connectivity index (χ1v) is 12.7. The Balaban J connectivity index is 1.62. The number of anilines is 3. The molecule has 3 aromatic carbocycles. The normalized spacial score (nSPS) is 12.6. The Morgan fingerprint density at radius 2 is 1.77 bits per heavy atom. The van der Waals surface area contributed by atoms with Crippen LogP contribution in [0.2, 0.25) is 0 Å². The van der Waals surface area contributed by atoms with Crippen LogP contribution >= 0.6 is 0 Å². The molecule has 4 N–H and O–H groups in total. The number of aromatic hydroxyl groups is 1. The number of nitrogens with zero attached hydrogens (tertiary/aromatic N) is 2. The molecule has 0 bridgehead atoms. The van der Waals surface area contributed by atoms with E-state index in [4.69, 9.17) is 9.47 Å². The number of hydrogen-bond acceptors (Lipinski definition) is 8. The number of H-pyrrole nitrogens is 1. The highest BCUT2D eigenvalue weighted by Gasteiger charge is 2.24. The summed E-state index contributed by atoms with van der Waals surface area (Å²) in [5.74, 6) is 0.463. The highest BCUT2D eigenvalue weighted by atomic mass is 16.7. The highest BCUT2D eigenvalue weighted by Crippen LogP contribution is 2.37. The van der Waals surface area contributed by atoms with Gasteiger partial charge in [0.25, 0.3) is 17.0 Å². The lowest BCUT2D eigenvalue weighted by Gasteiger charge is -2.22. The minimum Gasteiger partial charge on any atom is -0.505 e. The minimum atomic E-state index is -0.572. The fraction of sp³-hybridized carbons (Fsp3) is 0.207. The van der Waals surface area contributed by atoms with E-state index < -0.39 is 17.0 Å². The Labute approximate surface area is 229 Å². The van der Waals surface area contributed by atoms with E-state index in [1.165, 1.54) is 17.0 Å². The maximum absolute atomic E-state index is 13.8. The summed E-state index contributed by atoms with van der Waals surface area (Å²) in [4.78, 5) is 41.3. The van der Waals surface area contributed by atoms with Crippen LogP contribution in [0.3, 0.4) is 0 Å². The molecule has 1 atom stereocenters. The largest absolute Gasteiger partial charge is 0.505 e. The Kier molecular flexibility index (Phi) is 7.19. The number of rotatable bonds is 8. The van der Waals surface area contributed by atoms with Crippen molar-refractivity contribution < 1.29 is 19.4 Å². The fourth-order valence-electron chi connectivity index (χ4n) is 4.47. The van der Waals surface area contributed by atoms with Crippen LogP contribution in [0.1, 0.15) is 35.3 Å². The quantitative estimate of drug-likeness (QED) is 0.245. The zero-order valence-electron chi connectivity index (χ0n) is 22.2. The molecule has 0 radical (unpaired) electrons. The smallest absolute Gasteiger partial charge is 0.295 e. The summed E-state index contributed by atoms with van der Waals surface area (Å²) in [6.45, 7) is 2.07. The number of para-hydroxylation sites is 2. The van der Waals surface area contributed by atoms with E-state index in [1.807, 2.05) is 19.1 Å². The highest BCUT2D eigenvalue weighted by molar-refractivity contribution is 5.98. The summed E-state index contributed by atoms with van der Waals surface area (Å²) < 4.78 is 12.1. The van der Waals surface area contributed by atoms with Gasteiger partial charge >= 0.3 is 0 Å². The van der Waals surface area contributed by atoms with Crippen molar-refractivity contribution in [2.24, 2.45) is 0 Å². The van der Waals surface area contributed by atoms with Gasteiger partial charge in [0.05, 0.1) is 23.0 Å². The number of aromatic nitrogens is 2. The van der Waals surface area contributed by atoms with Gasteiger partial charge in [-0.25, -0.2) is 4.68 Å². The summed E-state index contributed by atoms with van der Waals surface area (Å²) in [5, 5.41) is 19.7. The molecule has 0 saturated carbocycles. The Hall–Kier alpha value is -5.19. The summed E-state index contributed by atoms with van der Waals surface area (Å²) in [5.41, 5.74) is 0.150. The van der Waals surface area contributed by atoms with Gasteiger partial charge in [0.1, 0.15) is 11.4 Å². The molecule has 2 heterocycles. The van der Waals surface area contributed by atoms with Gasteiger partial charge in [0.2, 0.25) is 6.79 Å². The van der Waals surface area contributed by atoms with Crippen molar-refractivity contribution in [3.63, 3.8) is 0 Å². The molecule has 11 nitrogen and oxygen atoms in total. The molecule has 0 aliphatic carbocycles. The molecule has 40 heavy (non-hydrogen) atoms. The maximum Gasteiger partial charge on any atom is 0.295 e. The number of benzene rings is 3. The zero-order chi connectivity index (χ0) is 28.4. The van der Waals surface area contributed by atoms with E-state index in [-0.39, 0.29) is 41.2 Å². The van der Waals surface area contributed by atoms with Crippen molar-refractivity contribution in [3.8, 4) is 22.9 Å². The number of fused-ring (bicyclic) bond motifs is 1. The van der Waals surface area contributed by atoms with Crippen molar-refractivity contribution >= 4 is 23.0 Å². The van der Waals surface area contributed by atoms with Crippen LogP contribution in [-0.4, -0.2) is 46.6 Å². The molecule has 0 saturated heterocycles. The number of ether oxygens (including phenoxy) is 2. The first-order valence-electron chi connectivity index (χ1n) is 12.7. The number of phenols is 1. The van der Waals surface area contributed by atoms with E-state index in [2.05, 4.69) is 15.7 Å². The maximum atomic E-state index is 13.8. The van der Waals surface area contributed by atoms with Gasteiger partial charge in [0.15, 0.2) is 17.2 Å². The third kappa shape index (κ3) is 4.96. The zero-order valence-corrected chi connectivity index (χ0v) is 22.2. The summed E-state index contributed by atoms with van der Waals surface area (Å²) >= 11 is 0. The fourth-order valence-corrected chi connectivity index (χ4v) is 4.47. The lowest BCUT2D eigenvalue weighted by molar-refractivity contribution is 0.0824. The van der Waals surface area contributed by atoms with Gasteiger partial charge in [-0.2, -0.15) is 0 Å². The molecule has 4 aromatic rings. The van der Waals surface area contributed by atoms with Crippen LogP contribution in [0.25, 0.3) is 5.69 Å². The lowest BCUT2D eigenvalue weighted by atomic mass is 10.0. The van der Waals surface area contributed by atoms with Crippen LogP contribution in [0.15, 0.2) is 76.3 Å². The molecule has 0 spiro atoms. The van der Waals surface area contributed by atoms with Gasteiger partial charge in [0, 0.05) is 14.1 Å². The number of nitrogens with one attached hydrogen (secondary N) is 3. The Morgan fingerprint density at radius 1 is 1.02 bits per heavy atom. The predicted octanol–water partition coefficient (Wildman–Crippen LogP) is 3.97. The standard InChI is InChI=1S/C29H29N5O6/c1-4-20(17-13-14-22-23(15-17)40-16-39-22)30-24-25(29(38)34(32-27(24)36)18-9-6-5-7-10-18)31-21-12-8-11-19(26(21)35)28(37)33(2)3/h5-15,20,30-31,35H,4,16H2,1-3H3,(H,32,36)/t20-/m1/s1. The van der Waals surface area contributed by atoms with Crippen molar-refractivity contribution in [1.82, 2.24) is 14.7 Å². The van der Waals surface area contributed by atoms with E-state index in [9.17, 15) is 19.5 Å². The average Bonchev–Trinajstić information content (AvgIpc) is 3.43. The predicted molar refractivity (Wildman–Crippen MR) is 151 cm³/mol. The molecule has 206 valence electrons. The van der Waals surface area contributed by atoms with E-state index in [0.717, 1.165) is 10.2 Å². The summed E-state index contributed by atoms with van der Waals surface area (Å²) in [7, 11) is 3.14. The molecular weight excluding hydrogens is 514 g/mol. The van der Waals surface area contributed by atoms with Crippen LogP contribution in [0, 0.1) is 0 Å². The second kappa shape index (κ2) is 10.9. The molecule has 1 amide bonds. The number of carbonyl (C=O) groups is 1. The SMILES string of the molecule is CC[C@@H](Nc1c(Nc2cccc(C(=O)N(C)C)c2O)c(=O)n(-c2ccccc2)[nH]c1=O)c1ccc2c(c1)OCO2. The number of aromatic amines is 1. The Morgan fingerprint density at radius 3 is 2.50 bits per heavy atom. The van der Waals surface area contributed by atoms with Crippen molar-refractivity contribution in [3.05, 3.63) is 98.6 Å². The third-order valence-electron chi connectivity index (χ3n) is 6.58. The molecule has 1 aliphatic heterocycles. The summed E-state index contributed by atoms with van der Waals surface area (Å²) in [6, 6.07) is 18.4. The molecule has 1 aromatic heterocycles. The van der Waals surface area contributed by atoms with E-state index in [1.54, 1.807) is 56.6 Å². The van der Waals surface area contributed by atoms with Crippen LogP contribution < -0.4 is 31.2 Å². The van der Waals surface area contributed by atoms with E-state index >= 15 is 0 Å². The van der Waals surface area contributed by atoms with Crippen molar-refractivity contribution in [2.45, 2.75) is 19.4 Å². The third-order valence-corrected chi connectivity index (χ3v) is 6.58. The molecule has 11 heteroatoms. The van der Waals surface area contributed by atoms with Gasteiger partial charge in [-0.15, -0.1) is 0 Å². The van der Waals surface area contributed by atoms with E-state index in [0.29, 0.717) is 23.6 Å². The van der Waals surface area contributed by atoms with Crippen LogP contribution in [0.5, 0.6) is 17.2 Å². The van der Waals surface area contributed by atoms with Crippen molar-refractivity contribution in [2.75, 3.05) is 31.5 Å². The second-order valence-electron chi connectivity index (χ2n) is 9.41. The van der Waals surface area contributed by atoms with Gasteiger partial charge in [-0.3, -0.25) is 19.5 Å². The first kappa shape index (κ1) is 26.4. The first-order chi connectivity index (χ1) is 19.3. The van der Waals surface area contributed by atoms with Crippen LogP contribution in [-0.2, 0) is 0 Å². The number of carbonyl (C=O) groups excluding carboxylic acids is 1. The topological polar surface area (TPSA) is 138 Å². The Bertz CT molecular complexity index is 1680. The lowest BCUT2D eigenvalue weighted by Crippen LogP contribution is -2.33.